The minimum atomic E-state index is -4.61. The first-order chi connectivity index (χ1) is 13.6. The molecule has 1 atom stereocenters. The Kier molecular flexibility index (Phi) is 4.52. The first-order valence-electron chi connectivity index (χ1n) is 8.65. The molecule has 3 heterocycles. The number of carbonyl (C=O) groups is 3. The highest BCUT2D eigenvalue weighted by Crippen LogP contribution is 2.37. The van der Waals surface area contributed by atoms with Gasteiger partial charge in [-0.15, -0.1) is 0 Å². The Morgan fingerprint density at radius 1 is 1.24 bits per heavy atom. The Morgan fingerprint density at radius 2 is 1.97 bits per heavy atom. The fourth-order valence-corrected chi connectivity index (χ4v) is 4.12. The molecule has 1 saturated heterocycles. The third-order valence-electron chi connectivity index (χ3n) is 5.08. The summed E-state index contributed by atoms with van der Waals surface area (Å²) in [5, 5.41) is 2.22. The molecule has 2 aliphatic heterocycles. The molecule has 1 aromatic carbocycles. The molecule has 2 aliphatic rings. The Labute approximate surface area is 171 Å². The maximum atomic E-state index is 13.1. The third kappa shape index (κ3) is 3.22. The number of imide groups is 1. The van der Waals surface area contributed by atoms with Crippen LogP contribution in [0.1, 0.15) is 34.6 Å². The van der Waals surface area contributed by atoms with Gasteiger partial charge in [0.2, 0.25) is 17.6 Å². The molecular weight excluding hydrogens is 457 g/mol. The molecule has 11 heteroatoms. The number of nitrogens with one attached hydrogen (secondary N) is 1. The highest BCUT2D eigenvalue weighted by Gasteiger charge is 2.40. The number of piperidine rings is 1. The summed E-state index contributed by atoms with van der Waals surface area (Å²) in [5.74, 6) is -2.29. The lowest BCUT2D eigenvalue weighted by Crippen LogP contribution is -2.52. The van der Waals surface area contributed by atoms with Gasteiger partial charge in [0, 0.05) is 31.1 Å². The average molecular weight is 471 g/mol. The highest BCUT2D eigenvalue weighted by atomic mass is 79.9. The molecule has 1 N–H and O–H groups in total. The summed E-state index contributed by atoms with van der Waals surface area (Å²) >= 11 is 3.15. The molecule has 0 bridgehead atoms. The zero-order chi connectivity index (χ0) is 21.1. The number of rotatable bonds is 2. The van der Waals surface area contributed by atoms with Crippen LogP contribution in [-0.2, 0) is 29.4 Å². The van der Waals surface area contributed by atoms with Gasteiger partial charge in [-0.1, -0.05) is 6.07 Å². The van der Waals surface area contributed by atoms with Crippen molar-refractivity contribution in [2.75, 3.05) is 0 Å². The van der Waals surface area contributed by atoms with Crippen molar-refractivity contribution >= 4 is 33.7 Å². The number of hydrogen-bond donors (Lipinski definition) is 1. The SMILES string of the molecule is Cn1c(C(F)(F)F)nc(-c2ccc3c(c2)CN(C2CCC(=O)NC2=O)C3=O)c1Br. The number of nitrogens with zero attached hydrogens (tertiary/aromatic N) is 3. The van der Waals surface area contributed by atoms with Crippen molar-refractivity contribution in [2.24, 2.45) is 7.05 Å². The van der Waals surface area contributed by atoms with Gasteiger partial charge in [-0.25, -0.2) is 4.98 Å². The summed E-state index contributed by atoms with van der Waals surface area (Å²) in [5.41, 5.74) is 1.49. The van der Waals surface area contributed by atoms with Gasteiger partial charge in [0.1, 0.15) is 16.3 Å². The maximum absolute atomic E-state index is 13.1. The van der Waals surface area contributed by atoms with Gasteiger partial charge < -0.3 is 9.47 Å². The fourth-order valence-electron chi connectivity index (χ4n) is 3.64. The van der Waals surface area contributed by atoms with Crippen molar-refractivity contribution in [3.63, 3.8) is 0 Å². The molecule has 0 saturated carbocycles. The Bertz CT molecular complexity index is 1060. The zero-order valence-electron chi connectivity index (χ0n) is 15.0. The molecule has 3 amide bonds. The van der Waals surface area contributed by atoms with Gasteiger partial charge in [0.15, 0.2) is 0 Å². The minimum Gasteiger partial charge on any atom is -0.322 e. The summed E-state index contributed by atoms with van der Waals surface area (Å²) in [6, 6.07) is 3.90. The molecule has 0 spiro atoms. The van der Waals surface area contributed by atoms with Crippen molar-refractivity contribution in [3.05, 3.63) is 39.8 Å². The topological polar surface area (TPSA) is 84.3 Å². The molecule has 7 nitrogen and oxygen atoms in total. The van der Waals surface area contributed by atoms with E-state index in [1.165, 1.54) is 24.1 Å². The summed E-state index contributed by atoms with van der Waals surface area (Å²) in [6.45, 7) is 0.130. The van der Waals surface area contributed by atoms with Gasteiger partial charge in [-0.2, -0.15) is 13.2 Å². The van der Waals surface area contributed by atoms with E-state index in [9.17, 15) is 27.6 Å². The van der Waals surface area contributed by atoms with E-state index in [1.54, 1.807) is 6.07 Å². The summed E-state index contributed by atoms with van der Waals surface area (Å²) in [7, 11) is 1.25. The number of carbonyl (C=O) groups excluding carboxylic acids is 3. The van der Waals surface area contributed by atoms with Crippen LogP contribution in [0, 0.1) is 0 Å². The maximum Gasteiger partial charge on any atom is 0.449 e. The summed E-state index contributed by atoms with van der Waals surface area (Å²) in [4.78, 5) is 41.2. The molecule has 1 fully saturated rings. The first kappa shape index (κ1) is 19.6. The van der Waals surface area contributed by atoms with Crippen LogP contribution in [-0.4, -0.2) is 38.2 Å². The lowest BCUT2D eigenvalue weighted by atomic mass is 10.0. The highest BCUT2D eigenvalue weighted by molar-refractivity contribution is 9.10. The van der Waals surface area contributed by atoms with Crippen molar-refractivity contribution in [1.82, 2.24) is 19.8 Å². The Hall–Kier alpha value is -2.69. The van der Waals surface area contributed by atoms with E-state index in [0.29, 0.717) is 16.7 Å². The lowest BCUT2D eigenvalue weighted by Gasteiger charge is -2.29. The second-order valence-corrected chi connectivity index (χ2v) is 7.65. The zero-order valence-corrected chi connectivity index (χ0v) is 16.6. The third-order valence-corrected chi connectivity index (χ3v) is 5.98. The van der Waals surface area contributed by atoms with E-state index in [2.05, 4.69) is 26.2 Å². The molecule has 152 valence electrons. The van der Waals surface area contributed by atoms with Gasteiger partial charge in [-0.3, -0.25) is 19.7 Å². The number of imidazole rings is 1. The molecule has 0 radical (unpaired) electrons. The van der Waals surface area contributed by atoms with Crippen molar-refractivity contribution in [3.8, 4) is 11.3 Å². The second-order valence-electron chi connectivity index (χ2n) is 6.90. The van der Waals surface area contributed by atoms with E-state index in [1.807, 2.05) is 0 Å². The van der Waals surface area contributed by atoms with Crippen LogP contribution in [0.4, 0.5) is 13.2 Å². The monoisotopic (exact) mass is 470 g/mol. The first-order valence-corrected chi connectivity index (χ1v) is 9.44. The van der Waals surface area contributed by atoms with Crippen molar-refractivity contribution in [1.29, 1.82) is 0 Å². The number of hydrogen-bond acceptors (Lipinski definition) is 4. The van der Waals surface area contributed by atoms with E-state index in [-0.39, 0.29) is 41.5 Å². The van der Waals surface area contributed by atoms with Crippen LogP contribution >= 0.6 is 15.9 Å². The number of benzene rings is 1. The average Bonchev–Trinajstić information content (AvgIpc) is 3.12. The van der Waals surface area contributed by atoms with Gasteiger partial charge >= 0.3 is 6.18 Å². The summed E-state index contributed by atoms with van der Waals surface area (Å²) < 4.78 is 40.5. The van der Waals surface area contributed by atoms with E-state index < -0.39 is 23.9 Å². The van der Waals surface area contributed by atoms with E-state index in [4.69, 9.17) is 0 Å². The van der Waals surface area contributed by atoms with Gasteiger partial charge in [0.05, 0.1) is 0 Å². The molecule has 1 unspecified atom stereocenters. The number of amides is 3. The molecule has 2 aromatic rings. The molecular formula is C18H14BrF3N4O3. The van der Waals surface area contributed by atoms with E-state index in [0.717, 1.165) is 4.57 Å². The van der Waals surface area contributed by atoms with Gasteiger partial charge in [0.25, 0.3) is 5.91 Å². The van der Waals surface area contributed by atoms with Crippen LogP contribution in [0.3, 0.4) is 0 Å². The predicted molar refractivity (Wildman–Crippen MR) is 97.4 cm³/mol. The van der Waals surface area contributed by atoms with E-state index >= 15 is 0 Å². The second kappa shape index (κ2) is 6.68. The molecule has 1 aromatic heterocycles. The standard InChI is InChI=1S/C18H14BrF3N4O3/c1-25-14(19)13(24-17(25)18(20,21)22)8-2-3-10-9(6-8)7-26(16(10)29)11-4-5-12(27)23-15(11)28/h2-3,6,11H,4-5,7H2,1H3,(H,23,27,28). The quantitative estimate of drug-likeness (QED) is 0.683. The molecule has 4 rings (SSSR count). The number of alkyl halides is 3. The summed E-state index contributed by atoms with van der Waals surface area (Å²) in [6.07, 6.45) is -4.23. The Morgan fingerprint density at radius 3 is 2.59 bits per heavy atom. The largest absolute Gasteiger partial charge is 0.449 e. The lowest BCUT2D eigenvalue weighted by molar-refractivity contribution is -0.146. The smallest absolute Gasteiger partial charge is 0.322 e. The van der Waals surface area contributed by atoms with Crippen LogP contribution in [0.2, 0.25) is 0 Å². The van der Waals surface area contributed by atoms with Gasteiger partial charge in [-0.05, 0) is 40.0 Å². The fraction of sp³-hybridized carbons (Fsp3) is 0.333. The molecule has 29 heavy (non-hydrogen) atoms. The number of fused-ring (bicyclic) bond motifs is 1. The van der Waals surface area contributed by atoms with Crippen LogP contribution in [0.15, 0.2) is 22.8 Å². The molecule has 0 aliphatic carbocycles. The van der Waals surface area contributed by atoms with Crippen LogP contribution in [0.5, 0.6) is 0 Å². The Balaban J connectivity index is 1.67. The van der Waals surface area contributed by atoms with Crippen molar-refractivity contribution in [2.45, 2.75) is 31.6 Å². The van der Waals surface area contributed by atoms with Crippen LogP contribution in [0.25, 0.3) is 11.3 Å². The number of aromatic nitrogens is 2. The minimum absolute atomic E-state index is 0.106. The normalized spacial score (nSPS) is 19.6. The van der Waals surface area contributed by atoms with Crippen LogP contribution < -0.4 is 5.32 Å². The number of halogens is 4. The van der Waals surface area contributed by atoms with Crippen molar-refractivity contribution < 1.29 is 27.6 Å². The predicted octanol–water partition coefficient (Wildman–Crippen LogP) is 2.63.